The fraction of sp³-hybridized carbons (Fsp3) is 0.500. The van der Waals surface area contributed by atoms with E-state index in [0.29, 0.717) is 12.8 Å². The van der Waals surface area contributed by atoms with Gasteiger partial charge in [-0.05, 0) is 45.2 Å². The number of ether oxygens (including phenoxy) is 2. The summed E-state index contributed by atoms with van der Waals surface area (Å²) in [6.45, 7) is 5.25. The zero-order valence-corrected chi connectivity index (χ0v) is 19.7. The Morgan fingerprint density at radius 1 is 1.34 bits per heavy atom. The van der Waals surface area contributed by atoms with Crippen molar-refractivity contribution in [3.8, 4) is 0 Å². The Bertz CT molecular complexity index is 876. The largest absolute Gasteiger partial charge is 0.466 e. The number of allylic oxidation sites excluding steroid dienone is 1. The lowest BCUT2D eigenvalue weighted by Crippen LogP contribution is -2.50. The Morgan fingerprint density at radius 3 is 2.66 bits per heavy atom. The van der Waals surface area contributed by atoms with Gasteiger partial charge in [-0.2, -0.15) is 0 Å². The highest BCUT2D eigenvalue weighted by atomic mass is 32.2. The molecule has 1 amide bonds. The summed E-state index contributed by atoms with van der Waals surface area (Å²) >= 11 is 1.43. The van der Waals surface area contributed by atoms with Gasteiger partial charge in [-0.1, -0.05) is 18.2 Å². The lowest BCUT2D eigenvalue weighted by atomic mass is 9.79. The van der Waals surface area contributed by atoms with Crippen molar-refractivity contribution in [1.29, 1.82) is 0 Å². The van der Waals surface area contributed by atoms with E-state index in [9.17, 15) is 18.4 Å². The maximum Gasteiger partial charge on any atom is 0.407 e. The van der Waals surface area contributed by atoms with Crippen LogP contribution in [0.5, 0.6) is 0 Å². The van der Waals surface area contributed by atoms with Crippen molar-refractivity contribution in [3.63, 3.8) is 0 Å². The van der Waals surface area contributed by atoms with E-state index in [1.54, 1.807) is 32.4 Å². The molecule has 1 N–H and O–H groups in total. The standard InChI is InChI=1S/C22H29BF2N2O4S/c1-22(2,3)31-21(29)27-18(19-20(23)26-12-32-19)14(8-5-6-11-16(28)30-4)13-9-7-10-15(24)17(13)25/h6-7,9-12,14,18-20H,5,8,23H2,1-4H3,(H,27,29)/b11-6+/t14-,18-,19?,20?/m0/s1. The van der Waals surface area contributed by atoms with Crippen LogP contribution < -0.4 is 5.32 Å². The van der Waals surface area contributed by atoms with E-state index in [2.05, 4.69) is 15.0 Å². The summed E-state index contributed by atoms with van der Waals surface area (Å²) in [5.41, 5.74) is 1.13. The number of carbonyl (C=O) groups excluding carboxylic acids is 2. The molecule has 1 heterocycles. The minimum atomic E-state index is -0.961. The number of rotatable bonds is 8. The molecule has 2 unspecified atom stereocenters. The fourth-order valence-corrected chi connectivity index (χ4v) is 4.63. The topological polar surface area (TPSA) is 77.0 Å². The molecule has 1 aliphatic heterocycles. The molecule has 32 heavy (non-hydrogen) atoms. The number of alkyl carbamates (subject to hydrolysis) is 1. The molecule has 0 saturated heterocycles. The Labute approximate surface area is 192 Å². The van der Waals surface area contributed by atoms with Crippen molar-refractivity contribution < 1.29 is 27.8 Å². The van der Waals surface area contributed by atoms with Crippen LogP contribution in [0.3, 0.4) is 0 Å². The van der Waals surface area contributed by atoms with Crippen LogP contribution in [0.1, 0.15) is 45.1 Å². The third kappa shape index (κ3) is 7.36. The number of amides is 1. The first-order valence-corrected chi connectivity index (χ1v) is 11.3. The zero-order chi connectivity index (χ0) is 23.9. The van der Waals surface area contributed by atoms with E-state index in [0.717, 1.165) is 6.07 Å². The third-order valence-electron chi connectivity index (χ3n) is 4.94. The van der Waals surface area contributed by atoms with Crippen LogP contribution in [0.4, 0.5) is 13.6 Å². The number of methoxy groups -OCH3 is 1. The number of carbonyl (C=O) groups is 2. The highest BCUT2D eigenvalue weighted by Gasteiger charge is 2.39. The highest BCUT2D eigenvalue weighted by Crippen LogP contribution is 2.36. The van der Waals surface area contributed by atoms with E-state index in [4.69, 9.17) is 4.74 Å². The predicted molar refractivity (Wildman–Crippen MR) is 125 cm³/mol. The number of halogens is 2. The summed E-state index contributed by atoms with van der Waals surface area (Å²) in [6, 6.07) is 3.41. The first-order chi connectivity index (χ1) is 15.0. The van der Waals surface area contributed by atoms with Gasteiger partial charge in [0.05, 0.1) is 18.7 Å². The van der Waals surface area contributed by atoms with Gasteiger partial charge >= 0.3 is 12.1 Å². The molecule has 2 rings (SSSR count). The van der Waals surface area contributed by atoms with Crippen molar-refractivity contribution in [2.75, 3.05) is 7.11 Å². The summed E-state index contributed by atoms with van der Waals surface area (Å²) in [7, 11) is 3.18. The van der Waals surface area contributed by atoms with E-state index < -0.39 is 41.3 Å². The number of hydrogen-bond acceptors (Lipinski definition) is 6. The van der Waals surface area contributed by atoms with Crippen molar-refractivity contribution in [2.24, 2.45) is 4.99 Å². The van der Waals surface area contributed by atoms with Gasteiger partial charge in [0.1, 0.15) is 13.4 Å². The molecule has 0 fully saturated rings. The highest BCUT2D eigenvalue weighted by molar-refractivity contribution is 8.13. The molecule has 0 aliphatic carbocycles. The molecule has 0 spiro atoms. The van der Waals surface area contributed by atoms with Crippen LogP contribution in [0, 0.1) is 11.6 Å². The van der Waals surface area contributed by atoms with Crippen molar-refractivity contribution >= 4 is 37.2 Å². The quantitative estimate of drug-likeness (QED) is 0.360. The van der Waals surface area contributed by atoms with Gasteiger partial charge in [-0.25, -0.2) is 18.4 Å². The van der Waals surface area contributed by atoms with E-state index in [1.807, 2.05) is 7.85 Å². The van der Waals surface area contributed by atoms with E-state index in [-0.39, 0.29) is 16.8 Å². The molecule has 4 atom stereocenters. The number of aliphatic imine (C=N–C) groups is 1. The summed E-state index contributed by atoms with van der Waals surface area (Å²) in [5, 5.41) is 2.68. The third-order valence-corrected chi connectivity index (χ3v) is 6.19. The number of thioether (sulfide) groups is 1. The minimum absolute atomic E-state index is 0.148. The summed E-state index contributed by atoms with van der Waals surface area (Å²) in [6.07, 6.45) is 2.98. The van der Waals surface area contributed by atoms with Gasteiger partial charge in [0.15, 0.2) is 11.6 Å². The molecule has 10 heteroatoms. The van der Waals surface area contributed by atoms with Crippen molar-refractivity contribution in [2.45, 2.75) is 62.4 Å². The summed E-state index contributed by atoms with van der Waals surface area (Å²) in [5.74, 6) is -3.17. The Balaban J connectivity index is 2.40. The maximum absolute atomic E-state index is 14.8. The predicted octanol–water partition coefficient (Wildman–Crippen LogP) is 3.55. The molecule has 1 aromatic rings. The van der Waals surface area contributed by atoms with Crippen molar-refractivity contribution in [1.82, 2.24) is 5.32 Å². The molecule has 0 radical (unpaired) electrons. The molecule has 174 valence electrons. The van der Waals surface area contributed by atoms with Crippen LogP contribution in [-0.4, -0.2) is 55.4 Å². The fourth-order valence-electron chi connectivity index (χ4n) is 3.50. The molecule has 0 saturated carbocycles. The molecule has 0 bridgehead atoms. The molecular formula is C22H29BF2N2O4S. The second kappa shape index (κ2) is 11.5. The lowest BCUT2D eigenvalue weighted by Gasteiger charge is -2.34. The zero-order valence-electron chi connectivity index (χ0n) is 18.9. The first-order valence-electron chi connectivity index (χ1n) is 10.4. The molecule has 6 nitrogen and oxygen atoms in total. The number of hydrogen-bond donors (Lipinski definition) is 1. The SMILES string of the molecule is BC1N=CSC1[C@@H](NC(=O)OC(C)(C)C)[C@@H](CC/C=C/C(=O)OC)c1cccc(F)c1F. The number of nitrogens with one attached hydrogen (secondary N) is 1. The molecular weight excluding hydrogens is 437 g/mol. The minimum Gasteiger partial charge on any atom is -0.466 e. The van der Waals surface area contributed by atoms with Crippen LogP contribution in [0.25, 0.3) is 0 Å². The number of nitrogens with zero attached hydrogens (tertiary/aromatic N) is 1. The molecule has 0 aromatic heterocycles. The van der Waals surface area contributed by atoms with Gasteiger partial charge in [0.2, 0.25) is 0 Å². The van der Waals surface area contributed by atoms with Crippen LogP contribution >= 0.6 is 11.8 Å². The number of esters is 1. The Morgan fingerprint density at radius 2 is 2.06 bits per heavy atom. The second-order valence-electron chi connectivity index (χ2n) is 8.52. The summed E-state index contributed by atoms with van der Waals surface area (Å²) < 4.78 is 39.0. The van der Waals surface area contributed by atoms with Gasteiger partial charge in [-0.15, -0.1) is 11.8 Å². The number of benzene rings is 1. The van der Waals surface area contributed by atoms with E-state index >= 15 is 0 Å². The van der Waals surface area contributed by atoms with Gasteiger partial charge in [0.25, 0.3) is 0 Å². The Kier molecular flexibility index (Phi) is 9.30. The van der Waals surface area contributed by atoms with E-state index in [1.165, 1.54) is 37.1 Å². The normalized spacial score (nSPS) is 20.2. The van der Waals surface area contributed by atoms with Crippen molar-refractivity contribution in [3.05, 3.63) is 47.5 Å². The van der Waals surface area contributed by atoms with Crippen LogP contribution in [-0.2, 0) is 14.3 Å². The summed E-state index contributed by atoms with van der Waals surface area (Å²) in [4.78, 5) is 28.4. The molecule has 1 aromatic carbocycles. The van der Waals surface area contributed by atoms with Gasteiger partial charge in [0, 0.05) is 23.2 Å². The van der Waals surface area contributed by atoms with Gasteiger partial charge in [-0.3, -0.25) is 4.99 Å². The van der Waals surface area contributed by atoms with Crippen LogP contribution in [0.2, 0.25) is 0 Å². The average molecular weight is 466 g/mol. The maximum atomic E-state index is 14.8. The average Bonchev–Trinajstić information content (AvgIpc) is 3.13. The first kappa shape index (κ1) is 25.9. The van der Waals surface area contributed by atoms with Gasteiger partial charge < -0.3 is 14.8 Å². The lowest BCUT2D eigenvalue weighted by molar-refractivity contribution is -0.134. The monoisotopic (exact) mass is 466 g/mol. The second-order valence-corrected chi connectivity index (χ2v) is 9.55. The van der Waals surface area contributed by atoms with Crippen LogP contribution in [0.15, 0.2) is 35.3 Å². The smallest absolute Gasteiger partial charge is 0.407 e. The Hall–Kier alpha value is -2.36. The molecule has 1 aliphatic rings.